The highest BCUT2D eigenvalue weighted by molar-refractivity contribution is 7.16. The first-order valence-corrected chi connectivity index (χ1v) is 7.91. The third-order valence-corrected chi connectivity index (χ3v) is 4.87. The quantitative estimate of drug-likeness (QED) is 0.671. The number of nitrogens with two attached hydrogens (primary N) is 1. The summed E-state index contributed by atoms with van der Waals surface area (Å²) in [6.45, 7) is 6.38. The van der Waals surface area contributed by atoms with Crippen LogP contribution in [0.5, 0.6) is 0 Å². The highest BCUT2D eigenvalue weighted by Crippen LogP contribution is 2.33. The summed E-state index contributed by atoms with van der Waals surface area (Å²) in [6.07, 6.45) is 0.792. The minimum absolute atomic E-state index is 0.0175. The van der Waals surface area contributed by atoms with Gasteiger partial charge in [0.25, 0.3) is 0 Å². The van der Waals surface area contributed by atoms with Gasteiger partial charge in [0.05, 0.1) is 20.9 Å². The van der Waals surface area contributed by atoms with E-state index in [1.165, 1.54) is 16.4 Å². The normalized spacial score (nSPS) is 13.7. The van der Waals surface area contributed by atoms with E-state index < -0.39 is 0 Å². The third-order valence-electron chi connectivity index (χ3n) is 2.78. The molecule has 0 aliphatic heterocycles. The standard InChI is InChI=1S/C12H17ClN4S2/c1-12(2,3)11-10(19-17-16-11)8(15-14)6-7-4-5-9(13)18-7/h4-5,8,15H,6,14H2,1-3H3. The molecule has 2 heterocycles. The van der Waals surface area contributed by atoms with Crippen LogP contribution in [-0.2, 0) is 11.8 Å². The molecule has 0 bridgehead atoms. The molecule has 0 amide bonds. The molecule has 1 atom stereocenters. The first kappa shape index (κ1) is 14.9. The van der Waals surface area contributed by atoms with Crippen LogP contribution < -0.4 is 11.3 Å². The third kappa shape index (κ3) is 3.52. The van der Waals surface area contributed by atoms with Crippen molar-refractivity contribution in [2.45, 2.75) is 38.6 Å². The highest BCUT2D eigenvalue weighted by Gasteiger charge is 2.27. The summed E-state index contributed by atoms with van der Waals surface area (Å²) in [5.74, 6) is 5.70. The van der Waals surface area contributed by atoms with Crippen LogP contribution in [0.25, 0.3) is 0 Å². The number of nitrogens with one attached hydrogen (secondary N) is 1. The Labute approximate surface area is 126 Å². The number of nitrogens with zero attached hydrogens (tertiary/aromatic N) is 2. The number of hydrogen-bond donors (Lipinski definition) is 2. The van der Waals surface area contributed by atoms with Gasteiger partial charge in [-0.15, -0.1) is 16.4 Å². The Hall–Kier alpha value is -0.530. The molecule has 4 nitrogen and oxygen atoms in total. The second-order valence-electron chi connectivity index (χ2n) is 5.36. The number of hydrogen-bond acceptors (Lipinski definition) is 6. The van der Waals surface area contributed by atoms with Gasteiger partial charge in [0, 0.05) is 16.7 Å². The maximum atomic E-state index is 5.96. The van der Waals surface area contributed by atoms with Crippen molar-refractivity contribution in [1.29, 1.82) is 0 Å². The van der Waals surface area contributed by atoms with E-state index >= 15 is 0 Å². The van der Waals surface area contributed by atoms with Crippen LogP contribution in [-0.4, -0.2) is 9.59 Å². The summed E-state index contributed by atoms with van der Waals surface area (Å²) in [6, 6.07) is 3.96. The summed E-state index contributed by atoms with van der Waals surface area (Å²) in [4.78, 5) is 2.29. The molecule has 0 fully saturated rings. The largest absolute Gasteiger partial charge is 0.271 e. The van der Waals surface area contributed by atoms with E-state index in [-0.39, 0.29) is 11.5 Å². The van der Waals surface area contributed by atoms with Gasteiger partial charge < -0.3 is 0 Å². The van der Waals surface area contributed by atoms with Gasteiger partial charge in [-0.25, -0.2) is 0 Å². The lowest BCUT2D eigenvalue weighted by molar-refractivity contribution is 0.517. The summed E-state index contributed by atoms with van der Waals surface area (Å²) in [5, 5.41) is 4.25. The predicted octanol–water partition coefficient (Wildman–Crippen LogP) is 3.30. The molecule has 0 saturated carbocycles. The Bertz CT molecular complexity index is 544. The maximum absolute atomic E-state index is 5.96. The molecular formula is C12H17ClN4S2. The topological polar surface area (TPSA) is 63.8 Å². The minimum Gasteiger partial charge on any atom is -0.271 e. The van der Waals surface area contributed by atoms with E-state index in [9.17, 15) is 0 Å². The lowest BCUT2D eigenvalue weighted by Crippen LogP contribution is -2.30. The fourth-order valence-corrected chi connectivity index (χ4v) is 3.89. The molecule has 1 unspecified atom stereocenters. The first-order valence-electron chi connectivity index (χ1n) is 5.95. The maximum Gasteiger partial charge on any atom is 0.0931 e. The molecule has 19 heavy (non-hydrogen) atoms. The number of halogens is 1. The molecule has 0 aliphatic carbocycles. The van der Waals surface area contributed by atoms with Gasteiger partial charge in [-0.1, -0.05) is 36.9 Å². The second kappa shape index (κ2) is 5.85. The van der Waals surface area contributed by atoms with Gasteiger partial charge in [-0.2, -0.15) is 0 Å². The Morgan fingerprint density at radius 3 is 2.68 bits per heavy atom. The van der Waals surface area contributed by atoms with Crippen LogP contribution in [0.4, 0.5) is 0 Å². The van der Waals surface area contributed by atoms with Crippen molar-refractivity contribution in [3.05, 3.63) is 31.9 Å². The van der Waals surface area contributed by atoms with Crippen LogP contribution in [0.2, 0.25) is 4.34 Å². The smallest absolute Gasteiger partial charge is 0.0931 e. The van der Waals surface area contributed by atoms with Crippen LogP contribution in [0.15, 0.2) is 12.1 Å². The zero-order valence-corrected chi connectivity index (χ0v) is 13.5. The van der Waals surface area contributed by atoms with E-state index in [2.05, 4.69) is 35.8 Å². The van der Waals surface area contributed by atoms with Gasteiger partial charge >= 0.3 is 0 Å². The summed E-state index contributed by atoms with van der Waals surface area (Å²) in [5.41, 5.74) is 3.83. The number of thiophene rings is 1. The molecular weight excluding hydrogens is 300 g/mol. The van der Waals surface area contributed by atoms with Gasteiger partial charge in [-0.05, 0) is 23.7 Å². The van der Waals surface area contributed by atoms with Crippen LogP contribution >= 0.6 is 34.5 Å². The molecule has 0 radical (unpaired) electrons. The summed E-state index contributed by atoms with van der Waals surface area (Å²) in [7, 11) is 0. The van der Waals surface area contributed by atoms with Crippen molar-refractivity contribution >= 4 is 34.5 Å². The van der Waals surface area contributed by atoms with E-state index in [1.54, 1.807) is 11.3 Å². The lowest BCUT2D eigenvalue weighted by Gasteiger charge is -2.21. The van der Waals surface area contributed by atoms with Gasteiger partial charge in [0.15, 0.2) is 0 Å². The average molecular weight is 317 g/mol. The molecule has 0 saturated heterocycles. The van der Waals surface area contributed by atoms with Crippen molar-refractivity contribution in [2.75, 3.05) is 0 Å². The lowest BCUT2D eigenvalue weighted by atomic mass is 9.89. The highest BCUT2D eigenvalue weighted by atomic mass is 35.5. The van der Waals surface area contributed by atoms with Crippen molar-refractivity contribution in [2.24, 2.45) is 5.84 Å². The molecule has 2 aromatic rings. The molecule has 104 valence electrons. The van der Waals surface area contributed by atoms with Gasteiger partial charge in [0.2, 0.25) is 0 Å². The minimum atomic E-state index is -0.0372. The van der Waals surface area contributed by atoms with Crippen LogP contribution in [0.1, 0.15) is 42.3 Å². The van der Waals surface area contributed by atoms with Gasteiger partial charge in [0.1, 0.15) is 0 Å². The van der Waals surface area contributed by atoms with E-state index in [1.807, 2.05) is 12.1 Å². The Balaban J connectivity index is 2.25. The van der Waals surface area contributed by atoms with E-state index in [0.29, 0.717) is 0 Å². The van der Waals surface area contributed by atoms with Crippen LogP contribution in [0.3, 0.4) is 0 Å². The van der Waals surface area contributed by atoms with E-state index in [0.717, 1.165) is 21.3 Å². The average Bonchev–Trinajstić information content (AvgIpc) is 2.93. The van der Waals surface area contributed by atoms with E-state index in [4.69, 9.17) is 17.4 Å². The molecule has 2 rings (SSSR count). The summed E-state index contributed by atoms with van der Waals surface area (Å²) >= 11 is 8.94. The summed E-state index contributed by atoms with van der Waals surface area (Å²) < 4.78 is 4.87. The van der Waals surface area contributed by atoms with Crippen LogP contribution in [0, 0.1) is 0 Å². The van der Waals surface area contributed by atoms with Gasteiger partial charge in [-0.3, -0.25) is 11.3 Å². The number of aromatic nitrogens is 2. The molecule has 0 spiro atoms. The van der Waals surface area contributed by atoms with Crippen molar-refractivity contribution in [1.82, 2.24) is 15.0 Å². The molecule has 0 aliphatic rings. The zero-order valence-electron chi connectivity index (χ0n) is 11.1. The fourth-order valence-electron chi connectivity index (χ4n) is 1.84. The SMILES string of the molecule is CC(C)(C)c1nnsc1C(Cc1ccc(Cl)s1)NN. The monoisotopic (exact) mass is 316 g/mol. The van der Waals surface area contributed by atoms with Crippen molar-refractivity contribution < 1.29 is 0 Å². The Morgan fingerprint density at radius 2 is 2.16 bits per heavy atom. The predicted molar refractivity (Wildman–Crippen MR) is 81.7 cm³/mol. The Morgan fingerprint density at radius 1 is 1.42 bits per heavy atom. The number of rotatable bonds is 4. The molecule has 0 aromatic carbocycles. The molecule has 7 heteroatoms. The first-order chi connectivity index (χ1) is 8.91. The molecule has 2 aromatic heterocycles. The van der Waals surface area contributed by atoms with Crippen molar-refractivity contribution in [3.63, 3.8) is 0 Å². The van der Waals surface area contributed by atoms with Crippen molar-refractivity contribution in [3.8, 4) is 0 Å². The fraction of sp³-hybridized carbons (Fsp3) is 0.500. The number of hydrazine groups is 1. The second-order valence-corrected chi connectivity index (χ2v) is 7.95. The zero-order chi connectivity index (χ0) is 14.0. The molecule has 3 N–H and O–H groups in total. The Kier molecular flexibility index (Phi) is 4.58.